The van der Waals surface area contributed by atoms with E-state index in [1.807, 2.05) is 31.2 Å². The second-order valence-corrected chi connectivity index (χ2v) is 5.70. The van der Waals surface area contributed by atoms with E-state index >= 15 is 0 Å². The smallest absolute Gasteiger partial charge is 0.339 e. The number of aromatic carboxylic acids is 1. The largest absolute Gasteiger partial charge is 0.505 e. The van der Waals surface area contributed by atoms with E-state index < -0.39 is 17.6 Å². The van der Waals surface area contributed by atoms with E-state index in [-0.39, 0.29) is 16.8 Å². The SMILES string of the molecule is Cc1ccc(CNC(=O)c2ccc3ccc(C(=O)O)c(O)c3n2)cc1. The van der Waals surface area contributed by atoms with E-state index in [0.29, 0.717) is 11.9 Å². The van der Waals surface area contributed by atoms with Gasteiger partial charge in [0.1, 0.15) is 16.8 Å². The first-order valence-electron chi connectivity index (χ1n) is 7.65. The number of carboxylic acid groups (broad SMARTS) is 1. The Hall–Kier alpha value is -3.41. The molecule has 1 heterocycles. The van der Waals surface area contributed by atoms with Crippen molar-refractivity contribution in [3.05, 3.63) is 70.9 Å². The molecule has 0 aliphatic rings. The minimum absolute atomic E-state index is 0.0860. The number of amides is 1. The van der Waals surface area contributed by atoms with Gasteiger partial charge in [-0.05, 0) is 24.6 Å². The van der Waals surface area contributed by atoms with Crippen LogP contribution in [0.4, 0.5) is 0 Å². The fourth-order valence-corrected chi connectivity index (χ4v) is 2.45. The van der Waals surface area contributed by atoms with Gasteiger partial charge >= 0.3 is 5.97 Å². The van der Waals surface area contributed by atoms with Crippen molar-refractivity contribution in [2.24, 2.45) is 0 Å². The lowest BCUT2D eigenvalue weighted by atomic mass is 10.1. The molecule has 126 valence electrons. The molecule has 3 rings (SSSR count). The predicted molar refractivity (Wildman–Crippen MR) is 92.7 cm³/mol. The maximum absolute atomic E-state index is 12.3. The summed E-state index contributed by atoms with van der Waals surface area (Å²) in [5.41, 5.74) is 2.03. The number of phenols is 1. The van der Waals surface area contributed by atoms with Gasteiger partial charge < -0.3 is 15.5 Å². The molecule has 0 atom stereocenters. The van der Waals surface area contributed by atoms with Crippen LogP contribution in [0, 0.1) is 6.92 Å². The molecule has 2 aromatic carbocycles. The first-order valence-corrected chi connectivity index (χ1v) is 7.65. The molecule has 0 radical (unpaired) electrons. The summed E-state index contributed by atoms with van der Waals surface area (Å²) in [5.74, 6) is -2.10. The molecule has 0 saturated carbocycles. The van der Waals surface area contributed by atoms with Crippen molar-refractivity contribution >= 4 is 22.8 Å². The summed E-state index contributed by atoms with van der Waals surface area (Å²) in [5, 5.41) is 22.5. The standard InChI is InChI=1S/C19H16N2O4/c1-11-2-4-12(5-3-11)10-20-18(23)15-9-7-13-6-8-14(19(24)25)17(22)16(13)21-15/h2-9,22H,10H2,1H3,(H,20,23)(H,24,25). The van der Waals surface area contributed by atoms with Crippen LogP contribution >= 0.6 is 0 Å². The predicted octanol–water partition coefficient (Wildman–Crippen LogP) is 2.88. The number of nitrogens with zero attached hydrogens (tertiary/aromatic N) is 1. The molecule has 6 nitrogen and oxygen atoms in total. The molecule has 1 aromatic heterocycles. The highest BCUT2D eigenvalue weighted by Gasteiger charge is 2.15. The number of aromatic nitrogens is 1. The van der Waals surface area contributed by atoms with E-state index in [9.17, 15) is 14.7 Å². The third-order valence-corrected chi connectivity index (χ3v) is 3.87. The number of nitrogens with one attached hydrogen (secondary N) is 1. The fraction of sp³-hybridized carbons (Fsp3) is 0.105. The van der Waals surface area contributed by atoms with Crippen LogP contribution < -0.4 is 5.32 Å². The molecule has 3 N–H and O–H groups in total. The third-order valence-electron chi connectivity index (χ3n) is 3.87. The van der Waals surface area contributed by atoms with Gasteiger partial charge in [0.05, 0.1) is 0 Å². The Kier molecular flexibility index (Phi) is 4.35. The van der Waals surface area contributed by atoms with Gasteiger partial charge in [0.2, 0.25) is 0 Å². The lowest BCUT2D eigenvalue weighted by Crippen LogP contribution is -2.23. The zero-order chi connectivity index (χ0) is 18.0. The van der Waals surface area contributed by atoms with E-state index in [4.69, 9.17) is 5.11 Å². The number of carbonyl (C=O) groups excluding carboxylic acids is 1. The molecule has 0 fully saturated rings. The zero-order valence-electron chi connectivity index (χ0n) is 13.5. The fourth-order valence-electron chi connectivity index (χ4n) is 2.45. The summed E-state index contributed by atoms with van der Waals surface area (Å²) in [7, 11) is 0. The molecule has 0 spiro atoms. The maximum atomic E-state index is 12.3. The molecular formula is C19H16N2O4. The first-order chi connectivity index (χ1) is 12.0. The molecule has 0 unspecified atom stereocenters. The van der Waals surface area contributed by atoms with Crippen LogP contribution in [0.3, 0.4) is 0 Å². The molecule has 6 heteroatoms. The van der Waals surface area contributed by atoms with Crippen molar-refractivity contribution in [3.8, 4) is 5.75 Å². The number of carbonyl (C=O) groups is 2. The van der Waals surface area contributed by atoms with E-state index in [2.05, 4.69) is 10.3 Å². The molecule has 0 aliphatic carbocycles. The molecular weight excluding hydrogens is 320 g/mol. The van der Waals surface area contributed by atoms with Crippen molar-refractivity contribution in [1.29, 1.82) is 0 Å². The first kappa shape index (κ1) is 16.4. The number of hydrogen-bond donors (Lipinski definition) is 3. The van der Waals surface area contributed by atoms with Gasteiger partial charge in [0, 0.05) is 11.9 Å². The van der Waals surface area contributed by atoms with Gasteiger partial charge in [0.25, 0.3) is 5.91 Å². The zero-order valence-corrected chi connectivity index (χ0v) is 13.5. The van der Waals surface area contributed by atoms with Crippen LogP contribution in [0.1, 0.15) is 32.0 Å². The second-order valence-electron chi connectivity index (χ2n) is 5.70. The number of benzene rings is 2. The number of fused-ring (bicyclic) bond motifs is 1. The molecule has 25 heavy (non-hydrogen) atoms. The van der Waals surface area contributed by atoms with Crippen LogP contribution in [0.25, 0.3) is 10.9 Å². The van der Waals surface area contributed by atoms with Crippen LogP contribution in [-0.2, 0) is 6.54 Å². The quantitative estimate of drug-likeness (QED) is 0.680. The Bertz CT molecular complexity index is 965. The lowest BCUT2D eigenvalue weighted by Gasteiger charge is -2.08. The summed E-state index contributed by atoms with van der Waals surface area (Å²) < 4.78 is 0. The molecule has 0 aliphatic heterocycles. The van der Waals surface area contributed by atoms with Gasteiger partial charge in [-0.25, -0.2) is 9.78 Å². The van der Waals surface area contributed by atoms with Gasteiger partial charge in [-0.15, -0.1) is 0 Å². The van der Waals surface area contributed by atoms with Crippen LogP contribution in [0.2, 0.25) is 0 Å². The number of pyridine rings is 1. The number of rotatable bonds is 4. The van der Waals surface area contributed by atoms with E-state index in [1.165, 1.54) is 12.1 Å². The Balaban J connectivity index is 1.85. The molecule has 0 saturated heterocycles. The van der Waals surface area contributed by atoms with E-state index in [1.54, 1.807) is 12.1 Å². The Morgan fingerprint density at radius 1 is 1.04 bits per heavy atom. The summed E-state index contributed by atoms with van der Waals surface area (Å²) >= 11 is 0. The normalized spacial score (nSPS) is 10.6. The summed E-state index contributed by atoms with van der Waals surface area (Å²) in [4.78, 5) is 27.5. The number of aryl methyl sites for hydroxylation is 1. The minimum Gasteiger partial charge on any atom is -0.505 e. The average molecular weight is 336 g/mol. The molecule has 1 amide bonds. The molecule has 3 aromatic rings. The van der Waals surface area contributed by atoms with Crippen molar-refractivity contribution in [2.45, 2.75) is 13.5 Å². The molecule has 0 bridgehead atoms. The Morgan fingerprint density at radius 2 is 1.72 bits per heavy atom. The Labute approximate surface area is 143 Å². The van der Waals surface area contributed by atoms with Crippen molar-refractivity contribution in [2.75, 3.05) is 0 Å². The van der Waals surface area contributed by atoms with Crippen LogP contribution in [-0.4, -0.2) is 27.1 Å². The monoisotopic (exact) mass is 336 g/mol. The van der Waals surface area contributed by atoms with Gasteiger partial charge in [-0.1, -0.05) is 42.0 Å². The van der Waals surface area contributed by atoms with E-state index in [0.717, 1.165) is 11.1 Å². The minimum atomic E-state index is -1.25. The number of hydrogen-bond acceptors (Lipinski definition) is 4. The third kappa shape index (κ3) is 3.42. The van der Waals surface area contributed by atoms with Gasteiger partial charge in [-0.2, -0.15) is 0 Å². The van der Waals surface area contributed by atoms with Crippen LogP contribution in [0.15, 0.2) is 48.5 Å². The highest BCUT2D eigenvalue weighted by atomic mass is 16.4. The van der Waals surface area contributed by atoms with Crippen LogP contribution in [0.5, 0.6) is 5.75 Å². The van der Waals surface area contributed by atoms with Crippen molar-refractivity contribution < 1.29 is 19.8 Å². The van der Waals surface area contributed by atoms with Gasteiger partial charge in [-0.3, -0.25) is 4.79 Å². The summed E-state index contributed by atoms with van der Waals surface area (Å²) in [6, 6.07) is 13.8. The number of carboxylic acids is 1. The second kappa shape index (κ2) is 6.60. The topological polar surface area (TPSA) is 99.5 Å². The maximum Gasteiger partial charge on any atom is 0.339 e. The lowest BCUT2D eigenvalue weighted by molar-refractivity contribution is 0.0693. The summed E-state index contributed by atoms with van der Waals surface area (Å²) in [6.07, 6.45) is 0. The van der Waals surface area contributed by atoms with Crippen molar-refractivity contribution in [1.82, 2.24) is 10.3 Å². The number of aromatic hydroxyl groups is 1. The highest BCUT2D eigenvalue weighted by Crippen LogP contribution is 2.27. The Morgan fingerprint density at radius 3 is 2.40 bits per heavy atom. The van der Waals surface area contributed by atoms with Gasteiger partial charge in [0.15, 0.2) is 5.75 Å². The highest BCUT2D eigenvalue weighted by molar-refractivity contribution is 6.00. The van der Waals surface area contributed by atoms with Crippen molar-refractivity contribution in [3.63, 3.8) is 0 Å². The average Bonchev–Trinajstić information content (AvgIpc) is 2.61. The summed E-state index contributed by atoms with van der Waals surface area (Å²) in [6.45, 7) is 2.33.